The second-order valence-electron chi connectivity index (χ2n) is 3.40. The van der Waals surface area contributed by atoms with Crippen molar-refractivity contribution in [2.24, 2.45) is 0 Å². The number of nitro groups is 1. The Balaban J connectivity index is 2.39. The van der Waals surface area contributed by atoms with E-state index < -0.39 is 10.7 Å². The van der Waals surface area contributed by atoms with Crippen LogP contribution in [0.3, 0.4) is 0 Å². The van der Waals surface area contributed by atoms with Gasteiger partial charge in [0, 0.05) is 16.0 Å². The van der Waals surface area contributed by atoms with Crippen LogP contribution < -0.4 is 0 Å². The van der Waals surface area contributed by atoms with Gasteiger partial charge >= 0.3 is 0 Å². The molecule has 0 spiro atoms. The number of halogens is 2. The van der Waals surface area contributed by atoms with Crippen molar-refractivity contribution in [3.05, 3.63) is 63.4 Å². The smallest absolute Gasteiger partial charge is 0.258 e. The van der Waals surface area contributed by atoms with Crippen molar-refractivity contribution in [2.45, 2.75) is 9.79 Å². The molecule has 0 aliphatic rings. The predicted molar refractivity (Wildman–Crippen MR) is 68.6 cm³/mol. The van der Waals surface area contributed by atoms with Gasteiger partial charge in [-0.15, -0.1) is 0 Å². The van der Waals surface area contributed by atoms with Crippen molar-refractivity contribution in [3.63, 3.8) is 0 Å². The van der Waals surface area contributed by atoms with Gasteiger partial charge in [-0.05, 0) is 30.3 Å². The SMILES string of the molecule is O=[N+]([O-])c1cccc(F)c1Sc1ccc(Cl)cc1. The summed E-state index contributed by atoms with van der Waals surface area (Å²) in [6.07, 6.45) is 0. The zero-order valence-corrected chi connectivity index (χ0v) is 10.5. The van der Waals surface area contributed by atoms with E-state index in [9.17, 15) is 14.5 Å². The largest absolute Gasteiger partial charge is 0.286 e. The first kappa shape index (κ1) is 12.9. The third-order valence-electron chi connectivity index (χ3n) is 2.18. The Labute approximate surface area is 112 Å². The quantitative estimate of drug-likeness (QED) is 0.613. The number of hydrogen-bond acceptors (Lipinski definition) is 3. The normalized spacial score (nSPS) is 10.3. The van der Waals surface area contributed by atoms with Crippen molar-refractivity contribution in [2.75, 3.05) is 0 Å². The molecule has 0 unspecified atom stereocenters. The van der Waals surface area contributed by atoms with Gasteiger partial charge in [0.25, 0.3) is 5.69 Å². The minimum Gasteiger partial charge on any atom is -0.258 e. The number of nitrogens with zero attached hydrogens (tertiary/aromatic N) is 1. The van der Waals surface area contributed by atoms with Gasteiger partial charge in [0.05, 0.1) is 4.92 Å². The molecule has 0 amide bonds. The standard InChI is InChI=1S/C12H7ClFNO2S/c13-8-4-6-9(7-5-8)18-12-10(14)2-1-3-11(12)15(16)17/h1-7H. The summed E-state index contributed by atoms with van der Waals surface area (Å²) in [5.41, 5.74) is -0.241. The van der Waals surface area contributed by atoms with E-state index in [1.54, 1.807) is 24.3 Å². The molecule has 0 saturated carbocycles. The van der Waals surface area contributed by atoms with Gasteiger partial charge in [0.2, 0.25) is 0 Å². The number of rotatable bonds is 3. The van der Waals surface area contributed by atoms with Crippen LogP contribution in [0, 0.1) is 15.9 Å². The minimum absolute atomic E-state index is 0.00447. The molecule has 0 heterocycles. The van der Waals surface area contributed by atoms with Crippen LogP contribution in [0.15, 0.2) is 52.3 Å². The lowest BCUT2D eigenvalue weighted by atomic mass is 10.3. The topological polar surface area (TPSA) is 43.1 Å². The Morgan fingerprint density at radius 3 is 2.44 bits per heavy atom. The molecule has 0 fully saturated rings. The van der Waals surface area contributed by atoms with E-state index in [-0.39, 0.29) is 10.6 Å². The molecule has 0 aliphatic heterocycles. The first-order valence-electron chi connectivity index (χ1n) is 4.94. The fraction of sp³-hybridized carbons (Fsp3) is 0. The monoisotopic (exact) mass is 283 g/mol. The van der Waals surface area contributed by atoms with Crippen molar-refractivity contribution >= 4 is 29.1 Å². The third-order valence-corrected chi connectivity index (χ3v) is 3.54. The van der Waals surface area contributed by atoms with E-state index in [0.29, 0.717) is 9.92 Å². The summed E-state index contributed by atoms with van der Waals surface area (Å²) in [6, 6.07) is 10.5. The first-order chi connectivity index (χ1) is 8.58. The average molecular weight is 284 g/mol. The lowest BCUT2D eigenvalue weighted by molar-refractivity contribution is -0.388. The maximum atomic E-state index is 13.6. The lowest BCUT2D eigenvalue weighted by Gasteiger charge is -2.04. The zero-order valence-electron chi connectivity index (χ0n) is 8.97. The van der Waals surface area contributed by atoms with Crippen LogP contribution in [-0.4, -0.2) is 4.92 Å². The third kappa shape index (κ3) is 2.80. The summed E-state index contributed by atoms with van der Waals surface area (Å²) in [6.45, 7) is 0. The number of hydrogen-bond donors (Lipinski definition) is 0. The zero-order chi connectivity index (χ0) is 13.1. The molecule has 0 bridgehead atoms. The molecule has 2 rings (SSSR count). The fourth-order valence-corrected chi connectivity index (χ4v) is 2.41. The Kier molecular flexibility index (Phi) is 3.84. The summed E-state index contributed by atoms with van der Waals surface area (Å²) in [5.74, 6) is -0.607. The molecule has 0 radical (unpaired) electrons. The van der Waals surface area contributed by atoms with Crippen molar-refractivity contribution in [3.8, 4) is 0 Å². The molecule has 2 aromatic carbocycles. The van der Waals surface area contributed by atoms with E-state index in [0.717, 1.165) is 11.8 Å². The van der Waals surface area contributed by atoms with E-state index in [1.807, 2.05) is 0 Å². The van der Waals surface area contributed by atoms with Crippen molar-refractivity contribution < 1.29 is 9.31 Å². The van der Waals surface area contributed by atoms with E-state index >= 15 is 0 Å². The molecule has 92 valence electrons. The van der Waals surface area contributed by atoms with Crippen LogP contribution in [0.5, 0.6) is 0 Å². The predicted octanol–water partition coefficient (Wildman–Crippen LogP) is 4.54. The highest BCUT2D eigenvalue weighted by Crippen LogP contribution is 2.36. The van der Waals surface area contributed by atoms with Crippen LogP contribution in [0.2, 0.25) is 5.02 Å². The summed E-state index contributed by atoms with van der Waals surface area (Å²) in [4.78, 5) is 10.9. The molecule has 0 N–H and O–H groups in total. The van der Waals surface area contributed by atoms with Gasteiger partial charge < -0.3 is 0 Å². The molecule has 18 heavy (non-hydrogen) atoms. The van der Waals surface area contributed by atoms with Gasteiger partial charge in [-0.3, -0.25) is 10.1 Å². The Morgan fingerprint density at radius 1 is 1.17 bits per heavy atom. The molecule has 0 aromatic heterocycles. The summed E-state index contributed by atoms with van der Waals surface area (Å²) >= 11 is 6.74. The highest BCUT2D eigenvalue weighted by atomic mass is 35.5. The maximum absolute atomic E-state index is 13.6. The molecule has 0 aliphatic carbocycles. The summed E-state index contributed by atoms with van der Waals surface area (Å²) in [5, 5.41) is 11.4. The highest BCUT2D eigenvalue weighted by Gasteiger charge is 2.18. The lowest BCUT2D eigenvalue weighted by Crippen LogP contribution is -1.93. The molecule has 0 atom stereocenters. The molecule has 3 nitrogen and oxygen atoms in total. The van der Waals surface area contributed by atoms with E-state index in [1.165, 1.54) is 18.2 Å². The van der Waals surface area contributed by atoms with Crippen LogP contribution >= 0.6 is 23.4 Å². The highest BCUT2D eigenvalue weighted by molar-refractivity contribution is 7.99. The van der Waals surface area contributed by atoms with Crippen molar-refractivity contribution in [1.82, 2.24) is 0 Å². The van der Waals surface area contributed by atoms with E-state index in [2.05, 4.69) is 0 Å². The first-order valence-corrected chi connectivity index (χ1v) is 6.13. The van der Waals surface area contributed by atoms with Crippen LogP contribution in [0.25, 0.3) is 0 Å². The van der Waals surface area contributed by atoms with Crippen LogP contribution in [0.1, 0.15) is 0 Å². The van der Waals surface area contributed by atoms with E-state index in [4.69, 9.17) is 11.6 Å². The molecule has 2 aromatic rings. The summed E-state index contributed by atoms with van der Waals surface area (Å²) < 4.78 is 13.6. The van der Waals surface area contributed by atoms with Gasteiger partial charge in [-0.2, -0.15) is 0 Å². The molecule has 6 heteroatoms. The number of benzene rings is 2. The fourth-order valence-electron chi connectivity index (χ4n) is 1.36. The van der Waals surface area contributed by atoms with Crippen LogP contribution in [0.4, 0.5) is 10.1 Å². The molecular formula is C12H7ClFNO2S. The Hall–Kier alpha value is -1.59. The van der Waals surface area contributed by atoms with Crippen molar-refractivity contribution in [1.29, 1.82) is 0 Å². The average Bonchev–Trinajstić information content (AvgIpc) is 2.34. The minimum atomic E-state index is -0.607. The second kappa shape index (κ2) is 5.37. The van der Waals surface area contributed by atoms with Gasteiger partial charge in [-0.25, -0.2) is 4.39 Å². The van der Waals surface area contributed by atoms with Gasteiger partial charge in [0.1, 0.15) is 10.7 Å². The maximum Gasteiger partial charge on any atom is 0.286 e. The van der Waals surface area contributed by atoms with Crippen LogP contribution in [-0.2, 0) is 0 Å². The van der Waals surface area contributed by atoms with Gasteiger partial charge in [-0.1, -0.05) is 29.4 Å². The second-order valence-corrected chi connectivity index (χ2v) is 4.92. The molecular weight excluding hydrogens is 277 g/mol. The summed E-state index contributed by atoms with van der Waals surface area (Å²) in [7, 11) is 0. The Bertz CT molecular complexity index is 589. The molecule has 0 saturated heterocycles. The number of nitro benzene ring substituents is 1. The Morgan fingerprint density at radius 2 is 1.83 bits per heavy atom. The van der Waals surface area contributed by atoms with Gasteiger partial charge in [0.15, 0.2) is 0 Å².